The zero-order valence-electron chi connectivity index (χ0n) is 8.30. The predicted molar refractivity (Wildman–Crippen MR) is 65.2 cm³/mol. The summed E-state index contributed by atoms with van der Waals surface area (Å²) in [6, 6.07) is 10.3. The summed E-state index contributed by atoms with van der Waals surface area (Å²) in [6.07, 6.45) is 0.858. The summed E-state index contributed by atoms with van der Waals surface area (Å²) < 4.78 is 2.18. The lowest BCUT2D eigenvalue weighted by atomic mass is 10.3. The zero-order valence-corrected chi connectivity index (χ0v) is 9.94. The van der Waals surface area contributed by atoms with E-state index in [0.717, 1.165) is 16.3 Å². The van der Waals surface area contributed by atoms with Gasteiger partial charge in [-0.25, -0.2) is 4.98 Å². The number of fused-ring (bicyclic) bond motifs is 1. The minimum atomic E-state index is 0.0190. The molecule has 0 aliphatic carbocycles. The van der Waals surface area contributed by atoms with Crippen LogP contribution in [0.3, 0.4) is 0 Å². The normalized spacial score (nSPS) is 12.5. The molecule has 0 aliphatic heterocycles. The molecule has 2 aromatic rings. The maximum atomic E-state index is 8.87. The Morgan fingerprint density at radius 1 is 1.53 bits per heavy atom. The molecule has 0 fully saturated rings. The van der Waals surface area contributed by atoms with Gasteiger partial charge in [-0.05, 0) is 18.6 Å². The van der Waals surface area contributed by atoms with Gasteiger partial charge in [0.1, 0.15) is 0 Å². The van der Waals surface area contributed by atoms with Crippen molar-refractivity contribution in [2.24, 2.45) is 0 Å². The van der Waals surface area contributed by atoms with E-state index in [9.17, 15) is 0 Å². The highest BCUT2D eigenvalue weighted by atomic mass is 32.2. The number of para-hydroxylation sites is 1. The first-order valence-electron chi connectivity index (χ1n) is 4.75. The minimum Gasteiger partial charge on any atom is -0.230 e. The second-order valence-corrected chi connectivity index (χ2v) is 5.57. The molecule has 2 rings (SSSR count). The van der Waals surface area contributed by atoms with Gasteiger partial charge in [0.15, 0.2) is 4.34 Å². The highest BCUT2D eigenvalue weighted by Crippen LogP contribution is 2.32. The second kappa shape index (κ2) is 4.65. The van der Waals surface area contributed by atoms with Gasteiger partial charge in [0.25, 0.3) is 0 Å². The first kappa shape index (κ1) is 10.5. The Balaban J connectivity index is 2.26. The van der Waals surface area contributed by atoms with Crippen LogP contribution in [0.5, 0.6) is 0 Å². The Morgan fingerprint density at radius 3 is 3.00 bits per heavy atom. The summed E-state index contributed by atoms with van der Waals surface area (Å²) in [7, 11) is 0. The molecule has 1 atom stereocenters. The predicted octanol–water partition coefficient (Wildman–Crippen LogP) is 3.69. The monoisotopic (exact) mass is 234 g/mol. The highest BCUT2D eigenvalue weighted by molar-refractivity contribution is 8.01. The second-order valence-electron chi connectivity index (χ2n) is 3.09. The molecular formula is C11H10N2S2. The number of nitriles is 1. The van der Waals surface area contributed by atoms with Crippen LogP contribution < -0.4 is 0 Å². The van der Waals surface area contributed by atoms with Crippen LogP contribution in [0.25, 0.3) is 10.2 Å². The lowest BCUT2D eigenvalue weighted by Crippen LogP contribution is -1.94. The Morgan fingerprint density at radius 2 is 2.33 bits per heavy atom. The first-order chi connectivity index (χ1) is 7.33. The number of thiazole rings is 1. The number of hydrogen-bond acceptors (Lipinski definition) is 4. The van der Waals surface area contributed by atoms with Gasteiger partial charge in [-0.15, -0.1) is 11.3 Å². The Kier molecular flexibility index (Phi) is 3.24. The van der Waals surface area contributed by atoms with E-state index in [2.05, 4.69) is 17.1 Å². The van der Waals surface area contributed by atoms with Crippen LogP contribution in [0.15, 0.2) is 28.6 Å². The molecule has 1 aromatic heterocycles. The molecule has 1 aromatic carbocycles. The number of rotatable bonds is 3. The Hall–Kier alpha value is -1.05. The van der Waals surface area contributed by atoms with Gasteiger partial charge in [0.05, 0.1) is 21.5 Å². The summed E-state index contributed by atoms with van der Waals surface area (Å²) >= 11 is 3.22. The molecule has 0 saturated carbocycles. The summed E-state index contributed by atoms with van der Waals surface area (Å²) in [6.45, 7) is 2.02. The van der Waals surface area contributed by atoms with Crippen molar-refractivity contribution in [1.29, 1.82) is 5.26 Å². The van der Waals surface area contributed by atoms with E-state index in [1.54, 1.807) is 23.1 Å². The van der Waals surface area contributed by atoms with E-state index in [-0.39, 0.29) is 5.25 Å². The fourth-order valence-electron chi connectivity index (χ4n) is 1.22. The molecule has 4 heteroatoms. The van der Waals surface area contributed by atoms with Crippen molar-refractivity contribution in [3.63, 3.8) is 0 Å². The average molecular weight is 234 g/mol. The van der Waals surface area contributed by atoms with Gasteiger partial charge in [0, 0.05) is 0 Å². The molecule has 1 heterocycles. The standard InChI is InChI=1S/C11H10N2S2/c1-2-8(7-12)14-11-13-9-5-3-4-6-10(9)15-11/h3-6,8H,2H2,1H3. The fraction of sp³-hybridized carbons (Fsp3) is 0.273. The van der Waals surface area contributed by atoms with Crippen molar-refractivity contribution in [3.8, 4) is 6.07 Å². The van der Waals surface area contributed by atoms with Crippen molar-refractivity contribution in [2.45, 2.75) is 22.9 Å². The number of nitrogens with zero attached hydrogens (tertiary/aromatic N) is 2. The van der Waals surface area contributed by atoms with Crippen molar-refractivity contribution in [2.75, 3.05) is 0 Å². The van der Waals surface area contributed by atoms with Crippen molar-refractivity contribution < 1.29 is 0 Å². The van der Waals surface area contributed by atoms with Crippen molar-refractivity contribution >= 4 is 33.3 Å². The average Bonchev–Trinajstić information content (AvgIpc) is 2.68. The van der Waals surface area contributed by atoms with Crippen LogP contribution >= 0.6 is 23.1 Å². The van der Waals surface area contributed by atoms with Gasteiger partial charge in [-0.2, -0.15) is 5.26 Å². The molecule has 1 unspecified atom stereocenters. The third-order valence-corrected chi connectivity index (χ3v) is 4.42. The summed E-state index contributed by atoms with van der Waals surface area (Å²) in [4.78, 5) is 4.48. The van der Waals surface area contributed by atoms with E-state index in [1.807, 2.05) is 25.1 Å². The maximum absolute atomic E-state index is 8.87. The molecule has 0 aliphatic rings. The SMILES string of the molecule is CCC(C#N)Sc1nc2ccccc2s1. The lowest BCUT2D eigenvalue weighted by molar-refractivity contribution is 0.983. The van der Waals surface area contributed by atoms with E-state index < -0.39 is 0 Å². The Bertz CT molecular complexity index is 466. The van der Waals surface area contributed by atoms with E-state index >= 15 is 0 Å². The minimum absolute atomic E-state index is 0.0190. The molecule has 0 amide bonds. The van der Waals surface area contributed by atoms with Crippen LogP contribution in [-0.4, -0.2) is 10.2 Å². The van der Waals surface area contributed by atoms with Gasteiger partial charge in [-0.1, -0.05) is 30.8 Å². The topological polar surface area (TPSA) is 36.7 Å². The van der Waals surface area contributed by atoms with E-state index in [1.165, 1.54) is 4.70 Å². The molecule has 0 N–H and O–H groups in total. The fourth-order valence-corrected chi connectivity index (χ4v) is 3.35. The molecule has 2 nitrogen and oxygen atoms in total. The van der Waals surface area contributed by atoms with Crippen LogP contribution in [0.4, 0.5) is 0 Å². The highest BCUT2D eigenvalue weighted by Gasteiger charge is 2.10. The van der Waals surface area contributed by atoms with Crippen molar-refractivity contribution in [3.05, 3.63) is 24.3 Å². The molecule has 0 saturated heterocycles. The lowest BCUT2D eigenvalue weighted by Gasteiger charge is -1.99. The summed E-state index contributed by atoms with van der Waals surface area (Å²) in [5, 5.41) is 8.89. The largest absolute Gasteiger partial charge is 0.230 e. The van der Waals surface area contributed by atoms with Crippen molar-refractivity contribution in [1.82, 2.24) is 4.98 Å². The molecule has 76 valence electrons. The van der Waals surface area contributed by atoms with Gasteiger partial charge in [-0.3, -0.25) is 0 Å². The van der Waals surface area contributed by atoms with Gasteiger partial charge >= 0.3 is 0 Å². The summed E-state index contributed by atoms with van der Waals surface area (Å²) in [5.41, 5.74) is 1.03. The van der Waals surface area contributed by atoms with Gasteiger partial charge < -0.3 is 0 Å². The first-order valence-corrected chi connectivity index (χ1v) is 6.45. The summed E-state index contributed by atoms with van der Waals surface area (Å²) in [5.74, 6) is 0. The molecular weight excluding hydrogens is 224 g/mol. The quantitative estimate of drug-likeness (QED) is 0.760. The number of benzene rings is 1. The van der Waals surface area contributed by atoms with Crippen LogP contribution in [0, 0.1) is 11.3 Å². The number of thioether (sulfide) groups is 1. The molecule has 0 bridgehead atoms. The van der Waals surface area contributed by atoms with E-state index in [4.69, 9.17) is 5.26 Å². The third-order valence-electron chi connectivity index (χ3n) is 2.03. The molecule has 0 spiro atoms. The van der Waals surface area contributed by atoms with Crippen LogP contribution in [0.2, 0.25) is 0 Å². The Labute approximate surface area is 96.9 Å². The zero-order chi connectivity index (χ0) is 10.7. The van der Waals surface area contributed by atoms with E-state index in [0.29, 0.717) is 0 Å². The third kappa shape index (κ3) is 2.31. The molecule has 0 radical (unpaired) electrons. The smallest absolute Gasteiger partial charge is 0.152 e. The number of aromatic nitrogens is 1. The molecule has 15 heavy (non-hydrogen) atoms. The van der Waals surface area contributed by atoms with Gasteiger partial charge in [0.2, 0.25) is 0 Å². The van der Waals surface area contributed by atoms with Crippen LogP contribution in [-0.2, 0) is 0 Å². The maximum Gasteiger partial charge on any atom is 0.152 e. The van der Waals surface area contributed by atoms with Crippen LogP contribution in [0.1, 0.15) is 13.3 Å². The number of hydrogen-bond donors (Lipinski definition) is 0.